The van der Waals surface area contributed by atoms with Crippen LogP contribution in [-0.2, 0) is 6.54 Å². The van der Waals surface area contributed by atoms with Gasteiger partial charge < -0.3 is 10.1 Å². The largest absolute Gasteiger partial charge is 0.477 e. The number of rotatable bonds is 5. The van der Waals surface area contributed by atoms with Crippen LogP contribution < -0.4 is 10.1 Å². The van der Waals surface area contributed by atoms with E-state index >= 15 is 0 Å². The number of ether oxygens (including phenoxy) is 1. The Kier molecular flexibility index (Phi) is 4.15. The summed E-state index contributed by atoms with van der Waals surface area (Å²) in [4.78, 5) is 4.58. The van der Waals surface area contributed by atoms with Gasteiger partial charge in [-0.3, -0.25) is 0 Å². The minimum Gasteiger partial charge on any atom is -0.477 e. The van der Waals surface area contributed by atoms with Crippen molar-refractivity contribution in [2.75, 3.05) is 13.7 Å². The molecule has 0 spiro atoms. The van der Waals surface area contributed by atoms with Crippen LogP contribution in [0.25, 0.3) is 10.8 Å². The number of nitrogens with zero attached hydrogens (tertiary/aromatic N) is 1. The van der Waals surface area contributed by atoms with Crippen molar-refractivity contribution in [1.82, 2.24) is 10.3 Å². The molecule has 0 fully saturated rings. The standard InChI is InChI=1S/C15H20N2O/c1-11(2)10-18-15-14-7-5-4-6-12(14)8-13(17-15)9-16-3/h4-8,11,16H,9-10H2,1-3H3. The summed E-state index contributed by atoms with van der Waals surface area (Å²) >= 11 is 0. The summed E-state index contributed by atoms with van der Waals surface area (Å²) in [7, 11) is 1.92. The second-order valence-corrected chi connectivity index (χ2v) is 4.88. The smallest absolute Gasteiger partial charge is 0.221 e. The normalized spacial score (nSPS) is 11.1. The van der Waals surface area contributed by atoms with Gasteiger partial charge in [-0.1, -0.05) is 32.0 Å². The van der Waals surface area contributed by atoms with E-state index in [1.165, 1.54) is 5.39 Å². The van der Waals surface area contributed by atoms with E-state index in [9.17, 15) is 0 Å². The van der Waals surface area contributed by atoms with Crippen molar-refractivity contribution in [2.24, 2.45) is 5.92 Å². The maximum Gasteiger partial charge on any atom is 0.221 e. The van der Waals surface area contributed by atoms with E-state index in [1.807, 2.05) is 19.2 Å². The summed E-state index contributed by atoms with van der Waals surface area (Å²) in [6.07, 6.45) is 0. The summed E-state index contributed by atoms with van der Waals surface area (Å²) in [5.74, 6) is 1.24. The summed E-state index contributed by atoms with van der Waals surface area (Å²) in [5, 5.41) is 5.38. The number of hydrogen-bond acceptors (Lipinski definition) is 3. The second-order valence-electron chi connectivity index (χ2n) is 4.88. The predicted octanol–water partition coefficient (Wildman–Crippen LogP) is 2.99. The number of nitrogens with one attached hydrogen (secondary N) is 1. The lowest BCUT2D eigenvalue weighted by Crippen LogP contribution is -2.10. The fraction of sp³-hybridized carbons (Fsp3) is 0.400. The summed E-state index contributed by atoms with van der Waals surface area (Å²) < 4.78 is 5.83. The average molecular weight is 244 g/mol. The van der Waals surface area contributed by atoms with Gasteiger partial charge in [-0.05, 0) is 30.5 Å². The molecule has 96 valence electrons. The van der Waals surface area contributed by atoms with Crippen LogP contribution >= 0.6 is 0 Å². The topological polar surface area (TPSA) is 34.1 Å². The first-order valence-corrected chi connectivity index (χ1v) is 6.36. The summed E-state index contributed by atoms with van der Waals surface area (Å²) in [6, 6.07) is 10.3. The first kappa shape index (κ1) is 12.8. The highest BCUT2D eigenvalue weighted by atomic mass is 16.5. The minimum absolute atomic E-state index is 0.499. The van der Waals surface area contributed by atoms with Crippen molar-refractivity contribution in [2.45, 2.75) is 20.4 Å². The Morgan fingerprint density at radius 1 is 1.28 bits per heavy atom. The predicted molar refractivity (Wildman–Crippen MR) is 74.8 cm³/mol. The van der Waals surface area contributed by atoms with Crippen molar-refractivity contribution >= 4 is 10.8 Å². The molecule has 0 aliphatic carbocycles. The van der Waals surface area contributed by atoms with E-state index in [0.29, 0.717) is 12.5 Å². The van der Waals surface area contributed by atoms with E-state index in [2.05, 4.69) is 42.3 Å². The fourth-order valence-electron chi connectivity index (χ4n) is 1.85. The molecule has 1 aromatic heterocycles. The van der Waals surface area contributed by atoms with Gasteiger partial charge in [-0.25, -0.2) is 4.98 Å². The molecular formula is C15H20N2O. The Balaban J connectivity index is 2.40. The molecule has 0 radical (unpaired) electrons. The van der Waals surface area contributed by atoms with Gasteiger partial charge in [0.05, 0.1) is 12.3 Å². The number of aromatic nitrogens is 1. The first-order chi connectivity index (χ1) is 8.70. The van der Waals surface area contributed by atoms with E-state index in [1.54, 1.807) is 0 Å². The highest BCUT2D eigenvalue weighted by molar-refractivity contribution is 5.87. The lowest BCUT2D eigenvalue weighted by molar-refractivity contribution is 0.264. The number of benzene rings is 1. The molecule has 0 atom stereocenters. The molecule has 0 aliphatic heterocycles. The molecule has 0 aliphatic rings. The minimum atomic E-state index is 0.499. The molecule has 0 saturated carbocycles. The molecule has 3 heteroatoms. The highest BCUT2D eigenvalue weighted by Crippen LogP contribution is 2.24. The zero-order valence-corrected chi connectivity index (χ0v) is 11.2. The number of hydrogen-bond donors (Lipinski definition) is 1. The monoisotopic (exact) mass is 244 g/mol. The molecule has 0 saturated heterocycles. The number of pyridine rings is 1. The lowest BCUT2D eigenvalue weighted by Gasteiger charge is -2.12. The van der Waals surface area contributed by atoms with E-state index in [-0.39, 0.29) is 0 Å². The van der Waals surface area contributed by atoms with E-state index in [0.717, 1.165) is 23.5 Å². The fourth-order valence-corrected chi connectivity index (χ4v) is 1.85. The molecule has 0 bridgehead atoms. The van der Waals surface area contributed by atoms with Gasteiger partial charge >= 0.3 is 0 Å². The maximum absolute atomic E-state index is 5.83. The van der Waals surface area contributed by atoms with Crippen LogP contribution in [-0.4, -0.2) is 18.6 Å². The molecule has 18 heavy (non-hydrogen) atoms. The average Bonchev–Trinajstić information content (AvgIpc) is 2.36. The van der Waals surface area contributed by atoms with Gasteiger partial charge in [-0.2, -0.15) is 0 Å². The molecular weight excluding hydrogens is 224 g/mol. The molecule has 0 unspecified atom stereocenters. The Hall–Kier alpha value is -1.61. The molecule has 0 amide bonds. The SMILES string of the molecule is CNCc1cc2ccccc2c(OCC(C)C)n1. The third-order valence-electron chi connectivity index (χ3n) is 2.67. The van der Waals surface area contributed by atoms with E-state index in [4.69, 9.17) is 4.74 Å². The Labute approximate surface area is 108 Å². The van der Waals surface area contributed by atoms with Gasteiger partial charge in [0.15, 0.2) is 0 Å². The third kappa shape index (κ3) is 2.99. The maximum atomic E-state index is 5.83. The van der Waals surface area contributed by atoms with E-state index < -0.39 is 0 Å². The second kappa shape index (κ2) is 5.83. The van der Waals surface area contributed by atoms with Gasteiger partial charge in [0.1, 0.15) is 0 Å². The quantitative estimate of drug-likeness (QED) is 0.878. The molecule has 1 heterocycles. The molecule has 3 nitrogen and oxygen atoms in total. The van der Waals surface area contributed by atoms with Crippen molar-refractivity contribution < 1.29 is 4.74 Å². The van der Waals surface area contributed by atoms with Crippen LogP contribution in [0.5, 0.6) is 5.88 Å². The molecule has 1 N–H and O–H groups in total. The van der Waals surface area contributed by atoms with Crippen molar-refractivity contribution in [3.8, 4) is 5.88 Å². The van der Waals surface area contributed by atoms with Crippen LogP contribution in [0.2, 0.25) is 0 Å². The zero-order valence-electron chi connectivity index (χ0n) is 11.2. The molecule has 2 rings (SSSR count). The molecule has 2 aromatic rings. The van der Waals surface area contributed by atoms with Crippen LogP contribution in [0.1, 0.15) is 19.5 Å². The van der Waals surface area contributed by atoms with Crippen molar-refractivity contribution in [3.63, 3.8) is 0 Å². The van der Waals surface area contributed by atoms with Gasteiger partial charge in [0.25, 0.3) is 0 Å². The van der Waals surface area contributed by atoms with Crippen LogP contribution in [0, 0.1) is 5.92 Å². The molecule has 1 aromatic carbocycles. The van der Waals surface area contributed by atoms with Gasteiger partial charge in [0.2, 0.25) is 5.88 Å². The number of fused-ring (bicyclic) bond motifs is 1. The lowest BCUT2D eigenvalue weighted by atomic mass is 10.1. The van der Waals surface area contributed by atoms with Crippen LogP contribution in [0.15, 0.2) is 30.3 Å². The van der Waals surface area contributed by atoms with Gasteiger partial charge in [0, 0.05) is 11.9 Å². The third-order valence-corrected chi connectivity index (χ3v) is 2.67. The first-order valence-electron chi connectivity index (χ1n) is 6.36. The van der Waals surface area contributed by atoms with Gasteiger partial charge in [-0.15, -0.1) is 0 Å². The Bertz CT molecular complexity index is 523. The Morgan fingerprint density at radius 2 is 2.06 bits per heavy atom. The van der Waals surface area contributed by atoms with Crippen molar-refractivity contribution in [3.05, 3.63) is 36.0 Å². The van der Waals surface area contributed by atoms with Crippen molar-refractivity contribution in [1.29, 1.82) is 0 Å². The zero-order chi connectivity index (χ0) is 13.0. The summed E-state index contributed by atoms with van der Waals surface area (Å²) in [6.45, 7) is 5.72. The summed E-state index contributed by atoms with van der Waals surface area (Å²) in [5.41, 5.74) is 1.01. The Morgan fingerprint density at radius 3 is 2.78 bits per heavy atom. The highest BCUT2D eigenvalue weighted by Gasteiger charge is 2.07. The van der Waals surface area contributed by atoms with Crippen LogP contribution in [0.4, 0.5) is 0 Å². The van der Waals surface area contributed by atoms with Crippen LogP contribution in [0.3, 0.4) is 0 Å².